The lowest BCUT2D eigenvalue weighted by Gasteiger charge is -2.14. The predicted molar refractivity (Wildman–Crippen MR) is 113 cm³/mol. The van der Waals surface area contributed by atoms with Crippen molar-refractivity contribution in [2.75, 3.05) is 0 Å². The third-order valence-corrected chi connectivity index (χ3v) is 5.56. The van der Waals surface area contributed by atoms with Crippen LogP contribution in [0.25, 0.3) is 44.4 Å². The number of benzene rings is 2. The Morgan fingerprint density at radius 3 is 2.22 bits per heavy atom. The first-order valence-corrected chi connectivity index (χ1v) is 9.70. The van der Waals surface area contributed by atoms with Crippen LogP contribution in [-0.4, -0.2) is 18.9 Å². The molecule has 0 atom stereocenters. The number of nitrogens with zero attached hydrogens (tertiary/aromatic N) is 4. The summed E-state index contributed by atoms with van der Waals surface area (Å²) in [6.07, 6.45) is 5.88. The van der Waals surface area contributed by atoms with Crippen molar-refractivity contribution >= 4 is 27.5 Å². The Kier molecular flexibility index (Phi) is 3.86. The molecule has 0 spiro atoms. The van der Waals surface area contributed by atoms with Gasteiger partial charge in [-0.15, -0.1) is 0 Å². The second-order valence-corrected chi connectivity index (χ2v) is 7.32. The summed E-state index contributed by atoms with van der Waals surface area (Å²) in [7, 11) is 0. The lowest BCUT2D eigenvalue weighted by atomic mass is 10.1. The molecule has 0 saturated carbocycles. The highest BCUT2D eigenvalue weighted by atomic mass is 19.2. The Hall–Kier alpha value is -4.20. The molecule has 156 valence electrons. The van der Waals surface area contributed by atoms with Crippen molar-refractivity contribution in [2.45, 2.75) is 0 Å². The average molecular weight is 432 g/mol. The molecule has 4 nitrogen and oxygen atoms in total. The molecule has 0 amide bonds. The lowest BCUT2D eigenvalue weighted by molar-refractivity contribution is 0.453. The average Bonchev–Trinajstić information content (AvgIpc) is 3.38. The van der Waals surface area contributed by atoms with E-state index < -0.39 is 34.5 Å². The maximum atomic E-state index is 15.4. The van der Waals surface area contributed by atoms with Gasteiger partial charge in [0.15, 0.2) is 23.3 Å². The minimum atomic E-state index is -1.52. The molecule has 6 aromatic rings. The molecule has 8 heteroatoms. The van der Waals surface area contributed by atoms with E-state index in [1.54, 1.807) is 60.9 Å². The molecular weight excluding hydrogens is 420 g/mol. The van der Waals surface area contributed by atoms with E-state index in [0.717, 1.165) is 4.57 Å². The topological polar surface area (TPSA) is 35.1 Å². The molecule has 0 aliphatic rings. The molecule has 4 aromatic heterocycles. The highest BCUT2D eigenvalue weighted by molar-refractivity contribution is 6.08. The van der Waals surface area contributed by atoms with Gasteiger partial charge in [0.25, 0.3) is 0 Å². The number of aromatic nitrogens is 4. The monoisotopic (exact) mass is 432 g/mol. The van der Waals surface area contributed by atoms with Crippen LogP contribution in [0.5, 0.6) is 0 Å². The zero-order valence-corrected chi connectivity index (χ0v) is 16.2. The van der Waals surface area contributed by atoms with E-state index in [0.29, 0.717) is 27.5 Å². The van der Waals surface area contributed by atoms with Crippen molar-refractivity contribution in [3.05, 3.63) is 96.6 Å². The molecule has 2 aromatic carbocycles. The van der Waals surface area contributed by atoms with E-state index in [1.165, 1.54) is 16.8 Å². The maximum absolute atomic E-state index is 15.4. The highest BCUT2D eigenvalue weighted by Crippen LogP contribution is 2.38. The predicted octanol–water partition coefficient (Wildman–Crippen LogP) is 6.05. The molecule has 0 bridgehead atoms. The highest BCUT2D eigenvalue weighted by Gasteiger charge is 2.30. The van der Waals surface area contributed by atoms with Crippen LogP contribution in [0.1, 0.15) is 0 Å². The summed E-state index contributed by atoms with van der Waals surface area (Å²) < 4.78 is 64.0. The van der Waals surface area contributed by atoms with Gasteiger partial charge in [-0.3, -0.25) is 4.98 Å². The zero-order chi connectivity index (χ0) is 22.0. The molecule has 0 aliphatic heterocycles. The van der Waals surface area contributed by atoms with E-state index in [1.807, 2.05) is 0 Å². The maximum Gasteiger partial charge on any atom is 0.186 e. The molecule has 0 saturated heterocycles. The minimum Gasteiger partial charge on any atom is -0.306 e. The lowest BCUT2D eigenvalue weighted by Crippen LogP contribution is -2.09. The van der Waals surface area contributed by atoms with Crippen LogP contribution < -0.4 is 0 Å². The van der Waals surface area contributed by atoms with Crippen LogP contribution in [0.15, 0.2) is 73.3 Å². The zero-order valence-electron chi connectivity index (χ0n) is 16.2. The summed E-state index contributed by atoms with van der Waals surface area (Å²) in [5.74, 6) is -6.06. The number of fused-ring (bicyclic) bond motifs is 4. The Bertz CT molecular complexity index is 1570. The van der Waals surface area contributed by atoms with Gasteiger partial charge in [-0.1, -0.05) is 24.3 Å². The van der Waals surface area contributed by atoms with E-state index in [2.05, 4.69) is 9.97 Å². The van der Waals surface area contributed by atoms with Crippen LogP contribution in [0, 0.1) is 23.3 Å². The summed E-state index contributed by atoms with van der Waals surface area (Å²) in [5, 5.41) is 1.33. The molecule has 6 rings (SSSR count). The Labute approximate surface area is 178 Å². The van der Waals surface area contributed by atoms with Crippen molar-refractivity contribution in [3.8, 4) is 16.9 Å². The Morgan fingerprint density at radius 1 is 0.719 bits per heavy atom. The first-order valence-electron chi connectivity index (χ1n) is 9.70. The first-order chi connectivity index (χ1) is 15.6. The number of para-hydroxylation sites is 1. The fourth-order valence-electron chi connectivity index (χ4n) is 4.16. The van der Waals surface area contributed by atoms with Gasteiger partial charge in [0.2, 0.25) is 0 Å². The molecule has 0 N–H and O–H groups in total. The van der Waals surface area contributed by atoms with Gasteiger partial charge < -0.3 is 8.97 Å². The summed E-state index contributed by atoms with van der Waals surface area (Å²) in [4.78, 5) is 8.13. The van der Waals surface area contributed by atoms with Gasteiger partial charge in [-0.25, -0.2) is 22.5 Å². The standard InChI is InChI=1S/C24H12F4N4/c25-20-19(15-12-31-10-4-3-7-18(31)30-15)21(26)23(28)24(22(20)27)32-16-6-2-1-5-13(16)14-8-9-29-11-17(14)32/h1-12H. The normalized spacial score (nSPS) is 11.8. The molecule has 0 aliphatic carbocycles. The van der Waals surface area contributed by atoms with Crippen LogP contribution >= 0.6 is 0 Å². The van der Waals surface area contributed by atoms with Crippen molar-refractivity contribution in [2.24, 2.45) is 0 Å². The van der Waals surface area contributed by atoms with Crippen molar-refractivity contribution in [1.29, 1.82) is 0 Å². The van der Waals surface area contributed by atoms with Crippen molar-refractivity contribution < 1.29 is 17.6 Å². The minimum absolute atomic E-state index is 0.209. The van der Waals surface area contributed by atoms with Gasteiger partial charge >= 0.3 is 0 Å². The molecular formula is C24H12F4N4. The van der Waals surface area contributed by atoms with E-state index in [9.17, 15) is 0 Å². The van der Waals surface area contributed by atoms with Crippen molar-refractivity contribution in [3.63, 3.8) is 0 Å². The fraction of sp³-hybridized carbons (Fsp3) is 0. The summed E-state index contributed by atoms with van der Waals surface area (Å²) in [5.41, 5.74) is -0.796. The molecule has 0 radical (unpaired) electrons. The molecule has 0 fully saturated rings. The molecule has 0 unspecified atom stereocenters. The number of hydrogen-bond acceptors (Lipinski definition) is 2. The summed E-state index contributed by atoms with van der Waals surface area (Å²) in [6.45, 7) is 0. The van der Waals surface area contributed by atoms with Crippen LogP contribution in [0.4, 0.5) is 17.6 Å². The van der Waals surface area contributed by atoms with E-state index in [4.69, 9.17) is 0 Å². The van der Waals surface area contributed by atoms with Gasteiger partial charge in [0, 0.05) is 29.4 Å². The molecule has 32 heavy (non-hydrogen) atoms. The van der Waals surface area contributed by atoms with Gasteiger partial charge in [0.05, 0.1) is 28.5 Å². The Balaban J connectivity index is 1.70. The number of rotatable bonds is 2. The molecule has 4 heterocycles. The fourth-order valence-corrected chi connectivity index (χ4v) is 4.16. The number of pyridine rings is 2. The second-order valence-electron chi connectivity index (χ2n) is 7.32. The third-order valence-electron chi connectivity index (χ3n) is 5.56. The van der Waals surface area contributed by atoms with Crippen LogP contribution in [-0.2, 0) is 0 Å². The summed E-state index contributed by atoms with van der Waals surface area (Å²) >= 11 is 0. The number of hydrogen-bond donors (Lipinski definition) is 0. The number of halogens is 4. The van der Waals surface area contributed by atoms with Gasteiger partial charge in [-0.2, -0.15) is 0 Å². The van der Waals surface area contributed by atoms with Gasteiger partial charge in [0.1, 0.15) is 11.3 Å². The van der Waals surface area contributed by atoms with E-state index in [-0.39, 0.29) is 5.69 Å². The largest absolute Gasteiger partial charge is 0.306 e. The van der Waals surface area contributed by atoms with Crippen LogP contribution in [0.2, 0.25) is 0 Å². The third kappa shape index (κ3) is 2.43. The van der Waals surface area contributed by atoms with Crippen LogP contribution in [0.3, 0.4) is 0 Å². The Morgan fingerprint density at radius 2 is 1.44 bits per heavy atom. The van der Waals surface area contributed by atoms with Crippen molar-refractivity contribution in [1.82, 2.24) is 18.9 Å². The second kappa shape index (κ2) is 6.65. The van der Waals surface area contributed by atoms with E-state index >= 15 is 17.6 Å². The first kappa shape index (κ1) is 18.6. The van der Waals surface area contributed by atoms with Gasteiger partial charge in [-0.05, 0) is 24.3 Å². The number of imidazole rings is 1. The SMILES string of the molecule is Fc1c(F)c(-n2c3ccccc3c3ccncc32)c(F)c(F)c1-c1cn2ccccc2n1. The smallest absolute Gasteiger partial charge is 0.186 e. The quantitative estimate of drug-likeness (QED) is 0.247. The summed E-state index contributed by atoms with van der Waals surface area (Å²) in [6, 6.07) is 13.5.